The summed E-state index contributed by atoms with van der Waals surface area (Å²) in [4.78, 5) is 29.2. The molecule has 4 rings (SSSR count). The zero-order chi connectivity index (χ0) is 24.0. The summed E-state index contributed by atoms with van der Waals surface area (Å²) in [5.41, 5.74) is 0.549. The number of carbonyl (C=O) groups excluding carboxylic acids is 1. The first-order valence-corrected chi connectivity index (χ1v) is 10.7. The van der Waals surface area contributed by atoms with Gasteiger partial charge in [-0.15, -0.1) is 0 Å². The minimum atomic E-state index is -4.42. The Hall–Kier alpha value is -3.30. The molecule has 1 amide bonds. The number of nitrogens with one attached hydrogen (secondary N) is 1. The fraction of sp³-hybridized carbons (Fsp3) is 0.435. The summed E-state index contributed by atoms with van der Waals surface area (Å²) in [6.07, 6.45) is -1.98. The molecule has 176 valence electrons. The molecule has 0 aliphatic carbocycles. The lowest BCUT2D eigenvalue weighted by atomic mass is 9.93. The van der Waals surface area contributed by atoms with Crippen molar-refractivity contribution in [2.24, 2.45) is 0 Å². The first-order chi connectivity index (χ1) is 15.4. The third kappa shape index (κ3) is 4.89. The molecule has 0 radical (unpaired) electrons. The number of aromatic amines is 1. The first kappa shape index (κ1) is 22.9. The van der Waals surface area contributed by atoms with Crippen molar-refractivity contribution in [1.82, 2.24) is 19.5 Å². The highest BCUT2D eigenvalue weighted by Crippen LogP contribution is 2.33. The van der Waals surface area contributed by atoms with Gasteiger partial charge >= 0.3 is 12.3 Å². The average Bonchev–Trinajstić information content (AvgIpc) is 3.15. The van der Waals surface area contributed by atoms with Crippen molar-refractivity contribution in [2.75, 3.05) is 13.1 Å². The molecule has 0 unspecified atom stereocenters. The molecule has 0 saturated carbocycles. The van der Waals surface area contributed by atoms with Gasteiger partial charge in [0, 0.05) is 30.6 Å². The van der Waals surface area contributed by atoms with Crippen molar-refractivity contribution in [3.8, 4) is 11.1 Å². The molecule has 0 atom stereocenters. The minimum Gasteiger partial charge on any atom is -0.444 e. The molecule has 3 aromatic rings. The van der Waals surface area contributed by atoms with Crippen molar-refractivity contribution < 1.29 is 22.7 Å². The second-order valence-electron chi connectivity index (χ2n) is 9.19. The third-order valence-electron chi connectivity index (χ3n) is 5.62. The van der Waals surface area contributed by atoms with Gasteiger partial charge in [0.2, 0.25) is 0 Å². The Morgan fingerprint density at radius 1 is 1.12 bits per heavy atom. The monoisotopic (exact) mass is 462 g/mol. The van der Waals surface area contributed by atoms with Crippen LogP contribution in [0.15, 0.2) is 41.3 Å². The number of amides is 1. The van der Waals surface area contributed by atoms with E-state index in [9.17, 15) is 22.8 Å². The molecule has 1 aliphatic rings. The number of hydrogen-bond donors (Lipinski definition) is 1. The topological polar surface area (TPSA) is 79.7 Å². The van der Waals surface area contributed by atoms with Crippen LogP contribution in [-0.4, -0.2) is 44.3 Å². The van der Waals surface area contributed by atoms with E-state index in [1.807, 2.05) is 20.8 Å². The van der Waals surface area contributed by atoms with Crippen molar-refractivity contribution in [2.45, 2.75) is 51.3 Å². The molecule has 1 aliphatic heterocycles. The summed E-state index contributed by atoms with van der Waals surface area (Å²) in [5, 5.41) is 4.40. The summed E-state index contributed by atoms with van der Waals surface area (Å²) in [6, 6.07) is 6.24. The summed E-state index contributed by atoms with van der Waals surface area (Å²) in [7, 11) is 0. The summed E-state index contributed by atoms with van der Waals surface area (Å²) < 4.78 is 45.7. The van der Waals surface area contributed by atoms with Gasteiger partial charge in [-0.25, -0.2) is 9.31 Å². The zero-order valence-electron chi connectivity index (χ0n) is 18.6. The third-order valence-corrected chi connectivity index (χ3v) is 5.62. The molecule has 3 heterocycles. The smallest absolute Gasteiger partial charge is 0.416 e. The number of hydrogen-bond acceptors (Lipinski definition) is 4. The Morgan fingerprint density at radius 2 is 1.76 bits per heavy atom. The van der Waals surface area contributed by atoms with E-state index in [1.54, 1.807) is 9.42 Å². The van der Waals surface area contributed by atoms with Gasteiger partial charge < -0.3 is 14.6 Å². The van der Waals surface area contributed by atoms with E-state index in [0.717, 1.165) is 12.1 Å². The van der Waals surface area contributed by atoms with Crippen LogP contribution in [0.2, 0.25) is 0 Å². The van der Waals surface area contributed by atoms with Gasteiger partial charge in [0.15, 0.2) is 0 Å². The Kier molecular flexibility index (Phi) is 5.71. The van der Waals surface area contributed by atoms with Crippen LogP contribution >= 0.6 is 0 Å². The number of benzene rings is 1. The molecular weight excluding hydrogens is 437 g/mol. The second-order valence-corrected chi connectivity index (χ2v) is 9.19. The van der Waals surface area contributed by atoms with E-state index >= 15 is 0 Å². The normalized spacial score (nSPS) is 15.8. The molecular formula is C23H25F3N4O3. The van der Waals surface area contributed by atoms with Gasteiger partial charge in [-0.3, -0.25) is 4.79 Å². The summed E-state index contributed by atoms with van der Waals surface area (Å²) in [6.45, 7) is 6.42. The van der Waals surface area contributed by atoms with Crippen molar-refractivity contribution >= 4 is 11.7 Å². The highest BCUT2D eigenvalue weighted by molar-refractivity contribution is 5.77. The van der Waals surface area contributed by atoms with E-state index in [4.69, 9.17) is 4.74 Å². The zero-order valence-corrected chi connectivity index (χ0v) is 18.6. The predicted octanol–water partition coefficient (Wildman–Crippen LogP) is 4.82. The maximum absolute atomic E-state index is 12.9. The molecule has 10 heteroatoms. The van der Waals surface area contributed by atoms with Crippen LogP contribution in [0.4, 0.5) is 18.0 Å². The molecule has 2 aromatic heterocycles. The molecule has 1 saturated heterocycles. The lowest BCUT2D eigenvalue weighted by Gasteiger charge is -2.33. The number of rotatable bonds is 2. The highest BCUT2D eigenvalue weighted by Gasteiger charge is 2.31. The molecule has 33 heavy (non-hydrogen) atoms. The standard InChI is InChI=1S/C23H25F3N4O3/c1-22(2,3)33-21(32)29-10-8-15(9-11-29)18-12-19(31)28-20-17(13-27-30(18)20)14-4-6-16(7-5-14)23(24,25)26/h4-7,12-13,15H,8-11H2,1-3H3,(H,28,31). The fourth-order valence-electron chi connectivity index (χ4n) is 4.04. The van der Waals surface area contributed by atoms with Gasteiger partial charge in [0.05, 0.1) is 17.5 Å². The van der Waals surface area contributed by atoms with E-state index < -0.39 is 17.3 Å². The number of carbonyl (C=O) groups is 1. The highest BCUT2D eigenvalue weighted by atomic mass is 19.4. The first-order valence-electron chi connectivity index (χ1n) is 10.7. The number of halogens is 3. The predicted molar refractivity (Wildman–Crippen MR) is 116 cm³/mol. The molecule has 1 N–H and O–H groups in total. The number of piperidine rings is 1. The molecule has 0 spiro atoms. The summed E-state index contributed by atoms with van der Waals surface area (Å²) >= 11 is 0. The molecule has 1 aromatic carbocycles. The Labute approximate surface area is 188 Å². The van der Waals surface area contributed by atoms with Crippen molar-refractivity contribution in [1.29, 1.82) is 0 Å². The number of fused-ring (bicyclic) bond motifs is 1. The maximum atomic E-state index is 12.9. The fourth-order valence-corrected chi connectivity index (χ4v) is 4.04. The van der Waals surface area contributed by atoms with Gasteiger partial charge in [0.1, 0.15) is 11.2 Å². The van der Waals surface area contributed by atoms with E-state index in [1.165, 1.54) is 24.4 Å². The SMILES string of the molecule is CC(C)(C)OC(=O)N1CCC(c2cc(=O)[nH]c3c(-c4ccc(C(F)(F)F)cc4)cnn23)CC1. The molecule has 0 bridgehead atoms. The number of H-pyrrole nitrogens is 1. The maximum Gasteiger partial charge on any atom is 0.416 e. The van der Waals surface area contributed by atoms with E-state index in [0.29, 0.717) is 48.4 Å². The largest absolute Gasteiger partial charge is 0.444 e. The Bertz CT molecular complexity index is 1210. The van der Waals surface area contributed by atoms with Crippen molar-refractivity contribution in [3.63, 3.8) is 0 Å². The second kappa shape index (κ2) is 8.24. The van der Waals surface area contributed by atoms with Crippen molar-refractivity contribution in [3.05, 3.63) is 58.1 Å². The van der Waals surface area contributed by atoms with E-state index in [2.05, 4.69) is 10.1 Å². The van der Waals surface area contributed by atoms with Crippen LogP contribution in [-0.2, 0) is 10.9 Å². The Morgan fingerprint density at radius 3 is 2.33 bits per heavy atom. The lowest BCUT2D eigenvalue weighted by molar-refractivity contribution is -0.137. The van der Waals surface area contributed by atoms with Gasteiger partial charge in [0.25, 0.3) is 5.56 Å². The van der Waals surface area contributed by atoms with Crippen LogP contribution in [0.5, 0.6) is 0 Å². The average molecular weight is 462 g/mol. The van der Waals surface area contributed by atoms with Crippen LogP contribution in [0, 0.1) is 0 Å². The van der Waals surface area contributed by atoms with Gasteiger partial charge in [-0.05, 0) is 51.3 Å². The number of nitrogens with zero attached hydrogens (tertiary/aromatic N) is 3. The molecule has 1 fully saturated rings. The Balaban J connectivity index is 1.59. The number of likely N-dealkylation sites (tertiary alicyclic amines) is 1. The number of aromatic nitrogens is 3. The van der Waals surface area contributed by atoms with Gasteiger partial charge in [-0.1, -0.05) is 12.1 Å². The van der Waals surface area contributed by atoms with Crippen LogP contribution < -0.4 is 5.56 Å². The summed E-state index contributed by atoms with van der Waals surface area (Å²) in [5.74, 6) is -0.00570. The van der Waals surface area contributed by atoms with Gasteiger partial charge in [-0.2, -0.15) is 18.3 Å². The molecule has 7 nitrogen and oxygen atoms in total. The van der Waals surface area contributed by atoms with E-state index in [-0.39, 0.29) is 17.6 Å². The number of ether oxygens (including phenoxy) is 1. The van der Waals surface area contributed by atoms with Crippen LogP contribution in [0.1, 0.15) is 50.8 Å². The number of alkyl halides is 3. The van der Waals surface area contributed by atoms with Crippen LogP contribution in [0.3, 0.4) is 0 Å². The van der Waals surface area contributed by atoms with Crippen LogP contribution in [0.25, 0.3) is 16.8 Å². The lowest BCUT2D eigenvalue weighted by Crippen LogP contribution is -2.41. The minimum absolute atomic E-state index is 0.00570. The quantitative estimate of drug-likeness (QED) is 0.592.